The minimum absolute atomic E-state index is 0.122. The number of aliphatic hydroxyl groups excluding tert-OH is 1. The third-order valence-electron chi connectivity index (χ3n) is 6.17. The summed E-state index contributed by atoms with van der Waals surface area (Å²) < 4.78 is 5.11. The molecule has 4 fully saturated rings. The van der Waals surface area contributed by atoms with Crippen molar-refractivity contribution in [3.05, 3.63) is 0 Å². The normalized spacial score (nSPS) is 40.5. The summed E-state index contributed by atoms with van der Waals surface area (Å²) in [4.78, 5) is 2.29. The lowest BCUT2D eigenvalue weighted by Crippen LogP contribution is -2.54. The molecule has 0 amide bonds. The van der Waals surface area contributed by atoms with Gasteiger partial charge in [-0.1, -0.05) is 0 Å². The van der Waals surface area contributed by atoms with Crippen molar-refractivity contribution in [3.8, 4) is 0 Å². The zero-order chi connectivity index (χ0) is 14.2. The van der Waals surface area contributed by atoms with Crippen molar-refractivity contribution >= 4 is 0 Å². The number of likely N-dealkylation sites (N-methyl/N-ethyl adjacent to an activating group) is 1. The highest BCUT2D eigenvalue weighted by Crippen LogP contribution is 2.61. The van der Waals surface area contributed by atoms with E-state index in [4.69, 9.17) is 4.74 Å². The molecule has 4 rings (SSSR count). The van der Waals surface area contributed by atoms with Gasteiger partial charge in [-0.3, -0.25) is 0 Å². The average Bonchev–Trinajstić information content (AvgIpc) is 2.37. The lowest BCUT2D eigenvalue weighted by atomic mass is 9.48. The molecule has 0 heterocycles. The molecular weight excluding hydrogens is 250 g/mol. The van der Waals surface area contributed by atoms with Gasteiger partial charge in [0.1, 0.15) is 0 Å². The quantitative estimate of drug-likeness (QED) is 0.728. The van der Waals surface area contributed by atoms with Gasteiger partial charge in [0.05, 0.1) is 6.10 Å². The van der Waals surface area contributed by atoms with Gasteiger partial charge < -0.3 is 14.7 Å². The Balaban J connectivity index is 1.55. The first-order valence-corrected chi connectivity index (χ1v) is 8.47. The second-order valence-corrected chi connectivity index (χ2v) is 7.90. The number of hydrogen-bond donors (Lipinski definition) is 1. The smallest absolute Gasteiger partial charge is 0.0723 e. The summed E-state index contributed by atoms with van der Waals surface area (Å²) in [5.41, 5.74) is 0.268. The number of methoxy groups -OCH3 is 1. The van der Waals surface area contributed by atoms with Crippen LogP contribution in [0.3, 0.4) is 0 Å². The van der Waals surface area contributed by atoms with Crippen LogP contribution in [0.25, 0.3) is 0 Å². The predicted molar refractivity (Wildman–Crippen MR) is 80.6 cm³/mol. The summed E-state index contributed by atoms with van der Waals surface area (Å²) in [5.74, 6) is 2.78. The molecule has 4 aliphatic carbocycles. The highest BCUT2D eigenvalue weighted by Gasteiger charge is 2.53. The van der Waals surface area contributed by atoms with E-state index in [1.54, 1.807) is 7.11 Å². The van der Waals surface area contributed by atoms with Gasteiger partial charge in [-0.05, 0) is 75.2 Å². The van der Waals surface area contributed by atoms with Crippen molar-refractivity contribution in [1.29, 1.82) is 0 Å². The second kappa shape index (κ2) is 5.94. The van der Waals surface area contributed by atoms with Gasteiger partial charge in [0.25, 0.3) is 0 Å². The summed E-state index contributed by atoms with van der Waals surface area (Å²) in [5, 5.41) is 10.9. The van der Waals surface area contributed by atoms with Crippen molar-refractivity contribution in [2.75, 3.05) is 33.9 Å². The van der Waals surface area contributed by atoms with Crippen LogP contribution in [0.4, 0.5) is 0 Å². The number of rotatable bonds is 7. The van der Waals surface area contributed by atoms with Gasteiger partial charge >= 0.3 is 0 Å². The summed E-state index contributed by atoms with van der Waals surface area (Å²) in [7, 11) is 3.89. The number of ether oxygens (including phenoxy) is 1. The maximum Gasteiger partial charge on any atom is 0.0723 e. The van der Waals surface area contributed by atoms with Crippen LogP contribution in [-0.4, -0.2) is 50.0 Å². The fourth-order valence-electron chi connectivity index (χ4n) is 5.64. The fourth-order valence-corrected chi connectivity index (χ4v) is 5.64. The van der Waals surface area contributed by atoms with Crippen molar-refractivity contribution in [2.45, 2.75) is 51.0 Å². The zero-order valence-corrected chi connectivity index (χ0v) is 13.2. The first-order chi connectivity index (χ1) is 9.61. The molecule has 0 radical (unpaired) electrons. The highest BCUT2D eigenvalue weighted by molar-refractivity contribution is 5.04. The summed E-state index contributed by atoms with van der Waals surface area (Å²) in [6.45, 7) is 2.69. The molecule has 0 aromatic rings. The molecule has 4 saturated carbocycles. The van der Waals surface area contributed by atoms with Crippen LogP contribution in [0.15, 0.2) is 0 Å². The first-order valence-electron chi connectivity index (χ1n) is 8.47. The van der Waals surface area contributed by atoms with E-state index < -0.39 is 0 Å². The Morgan fingerprint density at radius 3 is 2.20 bits per heavy atom. The Morgan fingerprint density at radius 2 is 1.70 bits per heavy atom. The molecule has 1 unspecified atom stereocenters. The van der Waals surface area contributed by atoms with Crippen LogP contribution in [0, 0.1) is 23.2 Å². The molecule has 20 heavy (non-hydrogen) atoms. The molecule has 3 heteroatoms. The summed E-state index contributed by atoms with van der Waals surface area (Å²) in [6.07, 6.45) is 9.19. The first kappa shape index (κ1) is 14.8. The van der Waals surface area contributed by atoms with Gasteiger partial charge in [-0.2, -0.15) is 0 Å². The Hall–Kier alpha value is -0.120. The average molecular weight is 281 g/mol. The van der Waals surface area contributed by atoms with E-state index in [0.717, 1.165) is 43.9 Å². The van der Waals surface area contributed by atoms with Crippen LogP contribution in [-0.2, 0) is 4.74 Å². The molecular formula is C17H31NO2. The van der Waals surface area contributed by atoms with Crippen molar-refractivity contribution in [1.82, 2.24) is 4.90 Å². The SMILES string of the molecule is COCCCN(C)CC(O)C12CC3CC(CC(C3)C1)C2. The third kappa shape index (κ3) is 2.90. The molecule has 0 spiro atoms. The topological polar surface area (TPSA) is 32.7 Å². The highest BCUT2D eigenvalue weighted by atomic mass is 16.5. The van der Waals surface area contributed by atoms with Crippen molar-refractivity contribution in [3.63, 3.8) is 0 Å². The predicted octanol–water partition coefficient (Wildman–Crippen LogP) is 2.53. The van der Waals surface area contributed by atoms with E-state index in [-0.39, 0.29) is 11.5 Å². The van der Waals surface area contributed by atoms with E-state index in [2.05, 4.69) is 11.9 Å². The molecule has 0 aliphatic heterocycles. The Bertz CT molecular complexity index is 296. The number of nitrogens with zero attached hydrogens (tertiary/aromatic N) is 1. The molecule has 4 bridgehead atoms. The van der Waals surface area contributed by atoms with Crippen LogP contribution in [0.5, 0.6) is 0 Å². The molecule has 1 atom stereocenters. The Labute approximate surface area is 123 Å². The minimum atomic E-state index is -0.122. The Kier molecular flexibility index (Phi) is 4.40. The van der Waals surface area contributed by atoms with E-state index in [1.807, 2.05) is 0 Å². The summed E-state index contributed by atoms with van der Waals surface area (Å²) in [6, 6.07) is 0. The molecule has 0 aromatic carbocycles. The van der Waals surface area contributed by atoms with E-state index in [9.17, 15) is 5.11 Å². The van der Waals surface area contributed by atoms with Crippen LogP contribution >= 0.6 is 0 Å². The van der Waals surface area contributed by atoms with E-state index >= 15 is 0 Å². The molecule has 116 valence electrons. The fraction of sp³-hybridized carbons (Fsp3) is 1.00. The third-order valence-corrected chi connectivity index (χ3v) is 6.17. The van der Waals surface area contributed by atoms with Crippen LogP contribution in [0.1, 0.15) is 44.9 Å². The molecule has 4 aliphatic rings. The van der Waals surface area contributed by atoms with E-state index in [0.29, 0.717) is 0 Å². The van der Waals surface area contributed by atoms with Crippen molar-refractivity contribution in [2.24, 2.45) is 23.2 Å². The number of hydrogen-bond acceptors (Lipinski definition) is 3. The van der Waals surface area contributed by atoms with E-state index in [1.165, 1.54) is 38.5 Å². The molecule has 0 aromatic heterocycles. The standard InChI is InChI=1S/C17H31NO2/c1-18(4-3-5-20-2)12-16(19)17-9-13-6-14(10-17)8-15(7-13)11-17/h13-16,19H,3-12H2,1-2H3. The zero-order valence-electron chi connectivity index (χ0n) is 13.2. The maximum atomic E-state index is 10.9. The van der Waals surface area contributed by atoms with Gasteiger partial charge in [0, 0.05) is 26.8 Å². The monoisotopic (exact) mass is 281 g/mol. The lowest BCUT2D eigenvalue weighted by Gasteiger charge is -2.58. The molecule has 3 nitrogen and oxygen atoms in total. The van der Waals surface area contributed by atoms with Crippen molar-refractivity contribution < 1.29 is 9.84 Å². The largest absolute Gasteiger partial charge is 0.391 e. The lowest BCUT2D eigenvalue weighted by molar-refractivity contribution is -0.125. The second-order valence-electron chi connectivity index (χ2n) is 7.90. The van der Waals surface area contributed by atoms with Crippen LogP contribution < -0.4 is 0 Å². The van der Waals surface area contributed by atoms with Crippen LogP contribution in [0.2, 0.25) is 0 Å². The van der Waals surface area contributed by atoms with Gasteiger partial charge in [0.15, 0.2) is 0 Å². The maximum absolute atomic E-state index is 10.9. The van der Waals surface area contributed by atoms with Gasteiger partial charge in [-0.15, -0.1) is 0 Å². The number of aliphatic hydroxyl groups is 1. The Morgan fingerprint density at radius 1 is 1.15 bits per heavy atom. The molecule has 1 N–H and O–H groups in total. The molecule has 0 saturated heterocycles. The minimum Gasteiger partial charge on any atom is -0.391 e. The van der Waals surface area contributed by atoms with Gasteiger partial charge in [-0.25, -0.2) is 0 Å². The van der Waals surface area contributed by atoms with Gasteiger partial charge in [0.2, 0.25) is 0 Å². The summed E-state index contributed by atoms with van der Waals surface area (Å²) >= 11 is 0.